The van der Waals surface area contributed by atoms with Crippen LogP contribution < -0.4 is 5.32 Å². The standard InChI is InChI=1S/C25H23NO4S/c1-25(2,3)30-24(28)26-21(23(27)29-4)10-7-8-17-12-14-18(15-13-17)20-16-31-22-11-6-5-9-19(20)22/h5-6,9-16H,1-4H3,(H,26,28)/b21-10+. The monoisotopic (exact) mass is 433 g/mol. The van der Waals surface area contributed by atoms with E-state index in [0.29, 0.717) is 0 Å². The number of rotatable bonds is 3. The summed E-state index contributed by atoms with van der Waals surface area (Å²) in [4.78, 5) is 23.8. The Labute approximate surface area is 185 Å². The van der Waals surface area contributed by atoms with Gasteiger partial charge in [-0.1, -0.05) is 42.2 Å². The fourth-order valence-corrected chi connectivity index (χ4v) is 3.77. The summed E-state index contributed by atoms with van der Waals surface area (Å²) in [6, 6.07) is 16.2. The van der Waals surface area contributed by atoms with Crippen molar-refractivity contribution >= 4 is 33.5 Å². The van der Waals surface area contributed by atoms with Crippen LogP contribution in [0.4, 0.5) is 4.79 Å². The Morgan fingerprint density at radius 1 is 1.06 bits per heavy atom. The first kappa shape index (κ1) is 22.1. The number of hydrogen-bond acceptors (Lipinski definition) is 5. The Hall–Kier alpha value is -3.56. The van der Waals surface area contributed by atoms with E-state index >= 15 is 0 Å². The first-order chi connectivity index (χ1) is 14.8. The van der Waals surface area contributed by atoms with Crippen molar-refractivity contribution in [3.63, 3.8) is 0 Å². The zero-order chi connectivity index (χ0) is 22.4. The lowest BCUT2D eigenvalue weighted by Crippen LogP contribution is -2.34. The number of benzene rings is 2. The molecule has 0 atom stereocenters. The van der Waals surface area contributed by atoms with Crippen molar-refractivity contribution in [1.82, 2.24) is 5.32 Å². The molecular weight excluding hydrogens is 410 g/mol. The summed E-state index contributed by atoms with van der Waals surface area (Å²) in [7, 11) is 1.23. The zero-order valence-corrected chi connectivity index (χ0v) is 18.6. The minimum absolute atomic E-state index is 0.0920. The molecule has 0 radical (unpaired) electrons. The third kappa shape index (κ3) is 5.97. The maximum Gasteiger partial charge on any atom is 0.412 e. The van der Waals surface area contributed by atoms with Crippen LogP contribution in [0.2, 0.25) is 0 Å². The summed E-state index contributed by atoms with van der Waals surface area (Å²) in [5.41, 5.74) is 2.30. The minimum atomic E-state index is -0.752. The number of allylic oxidation sites excluding steroid dienone is 1. The molecule has 0 aliphatic heterocycles. The normalized spacial score (nSPS) is 11.4. The molecule has 1 amide bonds. The van der Waals surface area contributed by atoms with Gasteiger partial charge in [0.25, 0.3) is 0 Å². The zero-order valence-electron chi connectivity index (χ0n) is 17.8. The summed E-state index contributed by atoms with van der Waals surface area (Å²) in [6.07, 6.45) is 0.550. The second-order valence-corrected chi connectivity index (χ2v) is 8.58. The first-order valence-corrected chi connectivity index (χ1v) is 10.5. The van der Waals surface area contributed by atoms with Crippen LogP contribution >= 0.6 is 11.3 Å². The van der Waals surface area contributed by atoms with Crippen LogP contribution in [-0.4, -0.2) is 24.8 Å². The van der Waals surface area contributed by atoms with Crippen molar-refractivity contribution in [2.24, 2.45) is 0 Å². The number of methoxy groups -OCH3 is 1. The largest absolute Gasteiger partial charge is 0.464 e. The second-order valence-electron chi connectivity index (χ2n) is 7.67. The third-order valence-electron chi connectivity index (χ3n) is 4.15. The minimum Gasteiger partial charge on any atom is -0.464 e. The van der Waals surface area contributed by atoms with Crippen molar-refractivity contribution in [1.29, 1.82) is 0 Å². The van der Waals surface area contributed by atoms with Crippen LogP contribution in [0, 0.1) is 11.8 Å². The van der Waals surface area contributed by atoms with Gasteiger partial charge in [0.2, 0.25) is 0 Å². The predicted octanol–water partition coefficient (Wildman–Crippen LogP) is 5.50. The highest BCUT2D eigenvalue weighted by atomic mass is 32.1. The Morgan fingerprint density at radius 3 is 2.45 bits per heavy atom. The predicted molar refractivity (Wildman–Crippen MR) is 124 cm³/mol. The molecule has 1 heterocycles. The summed E-state index contributed by atoms with van der Waals surface area (Å²) in [5.74, 6) is 5.04. The molecule has 6 heteroatoms. The fourth-order valence-electron chi connectivity index (χ4n) is 2.80. The van der Waals surface area contributed by atoms with E-state index in [1.165, 1.54) is 28.8 Å². The number of ether oxygens (including phenoxy) is 2. The first-order valence-electron chi connectivity index (χ1n) is 9.63. The molecule has 2 aromatic carbocycles. The van der Waals surface area contributed by atoms with E-state index in [4.69, 9.17) is 9.47 Å². The number of alkyl carbamates (subject to hydrolysis) is 1. The molecule has 0 aliphatic carbocycles. The van der Waals surface area contributed by atoms with E-state index < -0.39 is 17.7 Å². The van der Waals surface area contributed by atoms with Crippen LogP contribution in [0.25, 0.3) is 21.2 Å². The molecular formula is C25H23NO4S. The maximum atomic E-state index is 11.9. The van der Waals surface area contributed by atoms with Gasteiger partial charge in [-0.05, 0) is 49.9 Å². The van der Waals surface area contributed by atoms with Gasteiger partial charge < -0.3 is 9.47 Å². The van der Waals surface area contributed by atoms with Crippen LogP contribution in [0.1, 0.15) is 26.3 Å². The number of hydrogen-bond donors (Lipinski definition) is 1. The van der Waals surface area contributed by atoms with Crippen LogP contribution in [-0.2, 0) is 14.3 Å². The molecule has 31 heavy (non-hydrogen) atoms. The Balaban J connectivity index is 1.77. The quantitative estimate of drug-likeness (QED) is 0.336. The van der Waals surface area contributed by atoms with E-state index in [-0.39, 0.29) is 5.70 Å². The van der Waals surface area contributed by atoms with Crippen LogP contribution in [0.3, 0.4) is 0 Å². The van der Waals surface area contributed by atoms with E-state index in [9.17, 15) is 9.59 Å². The lowest BCUT2D eigenvalue weighted by molar-refractivity contribution is -0.136. The summed E-state index contributed by atoms with van der Waals surface area (Å²) < 4.78 is 11.1. The van der Waals surface area contributed by atoms with Crippen molar-refractivity contribution in [3.8, 4) is 23.0 Å². The van der Waals surface area contributed by atoms with Gasteiger partial charge in [0.1, 0.15) is 11.3 Å². The molecule has 1 aromatic heterocycles. The van der Waals surface area contributed by atoms with Crippen molar-refractivity contribution in [3.05, 3.63) is 71.2 Å². The average Bonchev–Trinajstić information content (AvgIpc) is 3.16. The third-order valence-corrected chi connectivity index (χ3v) is 5.11. The topological polar surface area (TPSA) is 64.6 Å². The molecule has 5 nitrogen and oxygen atoms in total. The highest BCUT2D eigenvalue weighted by Gasteiger charge is 2.19. The van der Waals surface area contributed by atoms with E-state index in [0.717, 1.165) is 11.1 Å². The van der Waals surface area contributed by atoms with Crippen molar-refractivity contribution in [2.45, 2.75) is 26.4 Å². The van der Waals surface area contributed by atoms with Gasteiger partial charge in [0.05, 0.1) is 7.11 Å². The van der Waals surface area contributed by atoms with Gasteiger partial charge >= 0.3 is 12.1 Å². The molecule has 0 aliphatic rings. The molecule has 0 saturated carbocycles. The van der Waals surface area contributed by atoms with Gasteiger partial charge in [0, 0.05) is 27.3 Å². The second kappa shape index (κ2) is 9.50. The molecule has 0 unspecified atom stereocenters. The van der Waals surface area contributed by atoms with Gasteiger partial charge in [0.15, 0.2) is 0 Å². The maximum absolute atomic E-state index is 11.9. The van der Waals surface area contributed by atoms with Gasteiger partial charge in [-0.2, -0.15) is 0 Å². The lowest BCUT2D eigenvalue weighted by Gasteiger charge is -2.19. The molecule has 0 bridgehead atoms. The van der Waals surface area contributed by atoms with Gasteiger partial charge in [-0.15, -0.1) is 11.3 Å². The van der Waals surface area contributed by atoms with Crippen molar-refractivity contribution < 1.29 is 19.1 Å². The highest BCUT2D eigenvalue weighted by molar-refractivity contribution is 7.17. The van der Waals surface area contributed by atoms with Crippen molar-refractivity contribution in [2.75, 3.05) is 7.11 Å². The Bertz CT molecular complexity index is 1190. The number of fused-ring (bicyclic) bond motifs is 1. The lowest BCUT2D eigenvalue weighted by atomic mass is 10.0. The number of amides is 1. The number of thiophene rings is 1. The number of carbonyl (C=O) groups excluding carboxylic acids is 2. The average molecular weight is 434 g/mol. The van der Waals surface area contributed by atoms with Crippen LogP contribution in [0.5, 0.6) is 0 Å². The van der Waals surface area contributed by atoms with Crippen LogP contribution in [0.15, 0.2) is 65.7 Å². The summed E-state index contributed by atoms with van der Waals surface area (Å²) in [6.45, 7) is 5.20. The fraction of sp³-hybridized carbons (Fsp3) is 0.200. The van der Waals surface area contributed by atoms with E-state index in [1.54, 1.807) is 32.1 Å². The summed E-state index contributed by atoms with van der Waals surface area (Å²) >= 11 is 1.72. The number of nitrogens with one attached hydrogen (secondary N) is 1. The number of carbonyl (C=O) groups is 2. The van der Waals surface area contributed by atoms with Gasteiger partial charge in [-0.3, -0.25) is 5.32 Å². The highest BCUT2D eigenvalue weighted by Crippen LogP contribution is 2.33. The summed E-state index contributed by atoms with van der Waals surface area (Å²) in [5, 5.41) is 5.76. The molecule has 3 aromatic rings. The Kier molecular flexibility index (Phi) is 6.78. The molecule has 1 N–H and O–H groups in total. The SMILES string of the molecule is COC(=O)/C(=C\C#Cc1ccc(-c2csc3ccccc23)cc1)NC(=O)OC(C)(C)C. The molecule has 158 valence electrons. The number of esters is 1. The molecule has 0 fully saturated rings. The van der Waals surface area contributed by atoms with E-state index in [1.807, 2.05) is 36.4 Å². The molecule has 3 rings (SSSR count). The Morgan fingerprint density at radius 2 is 1.77 bits per heavy atom. The molecule has 0 spiro atoms. The van der Waals surface area contributed by atoms with Gasteiger partial charge in [-0.25, -0.2) is 9.59 Å². The van der Waals surface area contributed by atoms with E-state index in [2.05, 4.69) is 34.7 Å². The molecule has 0 saturated heterocycles. The smallest absolute Gasteiger partial charge is 0.412 e.